The molecule has 0 atom stereocenters. The molecule has 1 aromatic rings. The van der Waals surface area contributed by atoms with Crippen LogP contribution in [0.1, 0.15) is 50.2 Å². The van der Waals surface area contributed by atoms with Crippen LogP contribution in [0.3, 0.4) is 0 Å². The molecule has 0 unspecified atom stereocenters. The molecule has 1 aliphatic rings. The molecule has 1 aliphatic heterocycles. The number of hydrogen-bond donors (Lipinski definition) is 1. The topological polar surface area (TPSA) is 76.5 Å². The molecule has 120 valence electrons. The molecule has 21 heavy (non-hydrogen) atoms. The summed E-state index contributed by atoms with van der Waals surface area (Å²) < 4.78 is 32.9. The first-order chi connectivity index (χ1) is 9.75. The molecule has 0 spiro atoms. The van der Waals surface area contributed by atoms with Crippen LogP contribution in [-0.4, -0.2) is 25.8 Å². The van der Waals surface area contributed by atoms with E-state index in [9.17, 15) is 8.42 Å². The molecule has 0 amide bonds. The summed E-state index contributed by atoms with van der Waals surface area (Å²) in [7, 11) is -3.51. The maximum absolute atomic E-state index is 12.9. The van der Waals surface area contributed by atoms with Gasteiger partial charge in [-0.05, 0) is 32.1 Å². The lowest BCUT2D eigenvalue weighted by Gasteiger charge is -2.38. The lowest BCUT2D eigenvalue weighted by atomic mass is 9.79. The van der Waals surface area contributed by atoms with E-state index in [2.05, 4.69) is 13.8 Å². The Kier molecular flexibility index (Phi) is 4.52. The molecule has 6 heteroatoms. The van der Waals surface area contributed by atoms with Crippen molar-refractivity contribution in [2.75, 3.05) is 13.1 Å². The Labute approximate surface area is 127 Å². The van der Waals surface area contributed by atoms with Crippen molar-refractivity contribution < 1.29 is 12.8 Å². The minimum atomic E-state index is -3.51. The minimum Gasteiger partial charge on any atom is -0.465 e. The number of nitrogens with zero attached hydrogens (tertiary/aromatic N) is 1. The molecular formula is C15H26N2O3S. The van der Waals surface area contributed by atoms with Crippen LogP contribution in [0.2, 0.25) is 0 Å². The van der Waals surface area contributed by atoms with Crippen LogP contribution in [0.5, 0.6) is 0 Å². The number of nitrogens with two attached hydrogens (primary N) is 1. The van der Waals surface area contributed by atoms with Gasteiger partial charge in [0.1, 0.15) is 16.4 Å². The highest BCUT2D eigenvalue weighted by atomic mass is 32.2. The molecule has 1 fully saturated rings. The molecular weight excluding hydrogens is 288 g/mol. The van der Waals surface area contributed by atoms with Crippen molar-refractivity contribution in [1.29, 1.82) is 0 Å². The van der Waals surface area contributed by atoms with Crippen molar-refractivity contribution in [3.8, 4) is 0 Å². The van der Waals surface area contributed by atoms with Crippen LogP contribution in [0.4, 0.5) is 0 Å². The highest BCUT2D eigenvalue weighted by Crippen LogP contribution is 2.37. The highest BCUT2D eigenvalue weighted by Gasteiger charge is 2.37. The molecule has 5 nitrogen and oxygen atoms in total. The zero-order chi connectivity index (χ0) is 15.8. The van der Waals surface area contributed by atoms with Gasteiger partial charge in [-0.2, -0.15) is 4.31 Å². The second-order valence-corrected chi connectivity index (χ2v) is 8.17. The van der Waals surface area contributed by atoms with Crippen LogP contribution in [0.15, 0.2) is 9.31 Å². The minimum absolute atomic E-state index is 0.179. The molecule has 0 aliphatic carbocycles. The maximum atomic E-state index is 12.9. The van der Waals surface area contributed by atoms with Gasteiger partial charge in [0.15, 0.2) is 0 Å². The predicted octanol–water partition coefficient (Wildman–Crippen LogP) is 2.56. The Hall–Kier alpha value is -0.850. The molecule has 2 N–H and O–H groups in total. The second kappa shape index (κ2) is 5.74. The van der Waals surface area contributed by atoms with E-state index < -0.39 is 10.0 Å². The summed E-state index contributed by atoms with van der Waals surface area (Å²) in [5.41, 5.74) is 6.57. The number of furan rings is 1. The Balaban J connectivity index is 2.32. The highest BCUT2D eigenvalue weighted by molar-refractivity contribution is 7.89. The molecule has 2 rings (SSSR count). The van der Waals surface area contributed by atoms with Crippen LogP contribution in [0.25, 0.3) is 0 Å². The summed E-state index contributed by atoms with van der Waals surface area (Å²) in [6.45, 7) is 9.17. The zero-order valence-corrected chi connectivity index (χ0v) is 14.2. The summed E-state index contributed by atoms with van der Waals surface area (Å²) in [4.78, 5) is 0.280. The van der Waals surface area contributed by atoms with Crippen molar-refractivity contribution in [1.82, 2.24) is 4.31 Å². The van der Waals surface area contributed by atoms with Crippen molar-refractivity contribution in [3.05, 3.63) is 17.1 Å². The van der Waals surface area contributed by atoms with Gasteiger partial charge in [-0.1, -0.05) is 20.3 Å². The summed E-state index contributed by atoms with van der Waals surface area (Å²) in [6, 6.07) is 0. The number of hydrogen-bond acceptors (Lipinski definition) is 4. The van der Waals surface area contributed by atoms with E-state index in [1.54, 1.807) is 18.2 Å². The first-order valence-corrected chi connectivity index (χ1v) is 8.98. The Bertz CT molecular complexity index is 611. The maximum Gasteiger partial charge on any atom is 0.246 e. The van der Waals surface area contributed by atoms with Gasteiger partial charge in [-0.25, -0.2) is 8.42 Å². The molecule has 1 saturated heterocycles. The fourth-order valence-corrected chi connectivity index (χ4v) is 4.90. The summed E-state index contributed by atoms with van der Waals surface area (Å²) >= 11 is 0. The zero-order valence-electron chi connectivity index (χ0n) is 13.4. The Morgan fingerprint density at radius 1 is 1.24 bits per heavy atom. The Morgan fingerprint density at radius 3 is 2.29 bits per heavy atom. The van der Waals surface area contributed by atoms with Crippen LogP contribution in [0, 0.1) is 19.3 Å². The molecule has 0 radical (unpaired) electrons. The average molecular weight is 314 g/mol. The van der Waals surface area contributed by atoms with Gasteiger partial charge >= 0.3 is 0 Å². The first kappa shape index (κ1) is 16.5. The van der Waals surface area contributed by atoms with Gasteiger partial charge in [0.05, 0.1) is 0 Å². The third kappa shape index (κ3) is 2.89. The van der Waals surface area contributed by atoms with Gasteiger partial charge < -0.3 is 10.2 Å². The third-order valence-corrected chi connectivity index (χ3v) is 7.00. The van der Waals surface area contributed by atoms with Crippen molar-refractivity contribution >= 4 is 10.0 Å². The van der Waals surface area contributed by atoms with E-state index >= 15 is 0 Å². The molecule has 0 bridgehead atoms. The van der Waals surface area contributed by atoms with Crippen molar-refractivity contribution in [3.63, 3.8) is 0 Å². The summed E-state index contributed by atoms with van der Waals surface area (Å²) in [5.74, 6) is 1.04. The number of piperidine rings is 1. The molecule has 2 heterocycles. The van der Waals surface area contributed by atoms with E-state index in [0.29, 0.717) is 30.2 Å². The fraction of sp³-hybridized carbons (Fsp3) is 0.733. The molecule has 0 aromatic carbocycles. The standard InChI is InChI=1S/C15H26N2O3S/c1-5-15(4)6-8-17(9-7-15)21(18,19)14-12(3)20-11(2)13(14)10-16/h5-10,16H2,1-4H3. The summed E-state index contributed by atoms with van der Waals surface area (Å²) in [5, 5.41) is 0. The van der Waals surface area contributed by atoms with Crippen molar-refractivity contribution in [2.24, 2.45) is 11.1 Å². The van der Waals surface area contributed by atoms with Crippen LogP contribution >= 0.6 is 0 Å². The van der Waals surface area contributed by atoms with E-state index in [4.69, 9.17) is 10.2 Å². The summed E-state index contributed by atoms with van der Waals surface area (Å²) in [6.07, 6.45) is 2.88. The van der Waals surface area contributed by atoms with Gasteiger partial charge in [0, 0.05) is 25.2 Å². The van der Waals surface area contributed by atoms with E-state index in [0.717, 1.165) is 19.3 Å². The second-order valence-electron chi connectivity index (χ2n) is 6.29. The molecule has 1 aromatic heterocycles. The van der Waals surface area contributed by atoms with Gasteiger partial charge in [-0.15, -0.1) is 0 Å². The number of sulfonamides is 1. The largest absolute Gasteiger partial charge is 0.465 e. The lowest BCUT2D eigenvalue weighted by molar-refractivity contribution is 0.169. The van der Waals surface area contributed by atoms with Crippen molar-refractivity contribution in [2.45, 2.75) is 58.4 Å². The molecule has 0 saturated carbocycles. The van der Waals surface area contributed by atoms with E-state index in [-0.39, 0.29) is 16.9 Å². The van der Waals surface area contributed by atoms with E-state index in [1.165, 1.54) is 0 Å². The lowest BCUT2D eigenvalue weighted by Crippen LogP contribution is -2.42. The number of rotatable bonds is 4. The predicted molar refractivity (Wildman–Crippen MR) is 82.5 cm³/mol. The quantitative estimate of drug-likeness (QED) is 0.926. The van der Waals surface area contributed by atoms with Gasteiger partial charge in [0.2, 0.25) is 10.0 Å². The number of aryl methyl sites for hydroxylation is 2. The first-order valence-electron chi connectivity index (χ1n) is 7.54. The van der Waals surface area contributed by atoms with Crippen LogP contribution in [-0.2, 0) is 16.6 Å². The normalized spacial score (nSPS) is 19.9. The van der Waals surface area contributed by atoms with Gasteiger partial charge in [0.25, 0.3) is 0 Å². The third-order valence-electron chi connectivity index (χ3n) is 4.91. The van der Waals surface area contributed by atoms with Crippen LogP contribution < -0.4 is 5.73 Å². The van der Waals surface area contributed by atoms with E-state index in [1.807, 2.05) is 0 Å². The monoisotopic (exact) mass is 314 g/mol. The van der Waals surface area contributed by atoms with Gasteiger partial charge in [-0.3, -0.25) is 0 Å². The smallest absolute Gasteiger partial charge is 0.246 e. The fourth-order valence-electron chi connectivity index (χ4n) is 3.03. The SMILES string of the molecule is CCC1(C)CCN(S(=O)(=O)c2c(C)oc(C)c2CN)CC1. The average Bonchev–Trinajstić information content (AvgIpc) is 2.73. The Morgan fingerprint density at radius 2 is 1.81 bits per heavy atom.